The summed E-state index contributed by atoms with van der Waals surface area (Å²) < 4.78 is 0. The van der Waals surface area contributed by atoms with E-state index >= 15 is 0 Å². The van der Waals surface area contributed by atoms with Crippen LogP contribution in [0, 0.1) is 6.92 Å². The van der Waals surface area contributed by atoms with Gasteiger partial charge in [0.05, 0.1) is 5.69 Å². The van der Waals surface area contributed by atoms with E-state index in [2.05, 4.69) is 49.5 Å². The van der Waals surface area contributed by atoms with Gasteiger partial charge in [0, 0.05) is 16.3 Å². The third-order valence-corrected chi connectivity index (χ3v) is 6.40. The van der Waals surface area contributed by atoms with E-state index in [1.807, 2.05) is 18.4 Å². The maximum Gasteiger partial charge on any atom is 0.104 e. The summed E-state index contributed by atoms with van der Waals surface area (Å²) in [7, 11) is 2.02. The van der Waals surface area contributed by atoms with Crippen molar-refractivity contribution >= 4 is 11.3 Å². The third kappa shape index (κ3) is 2.53. The normalized spacial score (nSPS) is 18.8. The molecule has 1 N–H and O–H groups in total. The van der Waals surface area contributed by atoms with E-state index in [-0.39, 0.29) is 5.41 Å². The van der Waals surface area contributed by atoms with E-state index in [9.17, 15) is 0 Å². The van der Waals surface area contributed by atoms with E-state index < -0.39 is 0 Å². The molecule has 1 aliphatic carbocycles. The van der Waals surface area contributed by atoms with Crippen molar-refractivity contribution in [1.29, 1.82) is 0 Å². The van der Waals surface area contributed by atoms with Gasteiger partial charge in [-0.15, -0.1) is 11.3 Å². The van der Waals surface area contributed by atoms with Gasteiger partial charge >= 0.3 is 0 Å². The highest BCUT2D eigenvalue weighted by atomic mass is 32.1. The number of thiazole rings is 1. The summed E-state index contributed by atoms with van der Waals surface area (Å²) in [6.07, 6.45) is 5.09. The first-order chi connectivity index (χ1) is 10.2. The van der Waals surface area contributed by atoms with Gasteiger partial charge in [-0.1, -0.05) is 43.2 Å². The smallest absolute Gasteiger partial charge is 0.104 e. The third-order valence-electron chi connectivity index (χ3n) is 4.85. The van der Waals surface area contributed by atoms with E-state index in [4.69, 9.17) is 4.98 Å². The molecule has 1 aliphatic rings. The summed E-state index contributed by atoms with van der Waals surface area (Å²) >= 11 is 1.91. The van der Waals surface area contributed by atoms with Crippen molar-refractivity contribution in [2.45, 2.75) is 51.0 Å². The molecule has 0 saturated heterocycles. The zero-order chi connectivity index (χ0) is 14.9. The van der Waals surface area contributed by atoms with Crippen LogP contribution in [0.25, 0.3) is 0 Å². The lowest BCUT2D eigenvalue weighted by atomic mass is 9.79. The SMILES string of the molecule is CNC(C)c1sc(C2(c3ccccc3)CCCC2)nc1C. The quantitative estimate of drug-likeness (QED) is 0.893. The van der Waals surface area contributed by atoms with Crippen molar-refractivity contribution in [2.75, 3.05) is 7.05 Å². The number of hydrogen-bond donors (Lipinski definition) is 1. The fourth-order valence-electron chi connectivity index (χ4n) is 3.51. The lowest BCUT2D eigenvalue weighted by molar-refractivity contribution is 0.531. The van der Waals surface area contributed by atoms with Crippen LogP contribution in [-0.4, -0.2) is 12.0 Å². The monoisotopic (exact) mass is 300 g/mol. The predicted molar refractivity (Wildman–Crippen MR) is 90.0 cm³/mol. The van der Waals surface area contributed by atoms with Gasteiger partial charge < -0.3 is 5.32 Å². The lowest BCUT2D eigenvalue weighted by Gasteiger charge is -2.27. The molecule has 0 spiro atoms. The minimum Gasteiger partial charge on any atom is -0.312 e. The first-order valence-corrected chi connectivity index (χ1v) is 8.69. The van der Waals surface area contributed by atoms with Crippen LogP contribution in [-0.2, 0) is 5.41 Å². The van der Waals surface area contributed by atoms with Gasteiger partial charge in [-0.2, -0.15) is 0 Å². The number of hydrogen-bond acceptors (Lipinski definition) is 3. The second kappa shape index (κ2) is 5.90. The molecule has 1 aromatic carbocycles. The van der Waals surface area contributed by atoms with Crippen LogP contribution >= 0.6 is 11.3 Å². The standard InChI is InChI=1S/C18H24N2S/c1-13(19-3)16-14(2)20-17(21-16)18(11-7-8-12-18)15-9-5-4-6-10-15/h4-6,9-10,13,19H,7-8,11-12H2,1-3H3. The number of nitrogens with one attached hydrogen (secondary N) is 1. The summed E-state index contributed by atoms with van der Waals surface area (Å²) in [6, 6.07) is 11.4. The Hall–Kier alpha value is -1.19. The van der Waals surface area contributed by atoms with Crippen molar-refractivity contribution in [3.8, 4) is 0 Å². The van der Waals surface area contributed by atoms with Crippen LogP contribution in [0.4, 0.5) is 0 Å². The van der Waals surface area contributed by atoms with Crippen LogP contribution in [0.5, 0.6) is 0 Å². The Morgan fingerprint density at radius 2 is 1.86 bits per heavy atom. The molecule has 2 aromatic rings. The molecule has 1 atom stereocenters. The summed E-state index contributed by atoms with van der Waals surface area (Å²) in [5, 5.41) is 4.67. The van der Waals surface area contributed by atoms with Gasteiger partial charge in [0.15, 0.2) is 0 Å². The molecule has 3 rings (SSSR count). The van der Waals surface area contributed by atoms with Gasteiger partial charge in [-0.25, -0.2) is 4.98 Å². The maximum atomic E-state index is 4.99. The number of aryl methyl sites for hydroxylation is 1. The number of nitrogens with zero attached hydrogens (tertiary/aromatic N) is 1. The maximum absolute atomic E-state index is 4.99. The average Bonchev–Trinajstić information content (AvgIpc) is 3.15. The summed E-state index contributed by atoms with van der Waals surface area (Å²) in [4.78, 5) is 6.37. The molecule has 1 fully saturated rings. The van der Waals surface area contributed by atoms with Crippen molar-refractivity contribution in [3.05, 3.63) is 51.5 Å². The van der Waals surface area contributed by atoms with Crippen molar-refractivity contribution in [3.63, 3.8) is 0 Å². The highest BCUT2D eigenvalue weighted by molar-refractivity contribution is 7.12. The Balaban J connectivity index is 2.07. The van der Waals surface area contributed by atoms with Crippen molar-refractivity contribution in [1.82, 2.24) is 10.3 Å². The molecule has 0 amide bonds. The molecule has 0 radical (unpaired) electrons. The Bertz CT molecular complexity index is 597. The second-order valence-electron chi connectivity index (χ2n) is 6.13. The molecular weight excluding hydrogens is 276 g/mol. The first-order valence-electron chi connectivity index (χ1n) is 7.88. The highest BCUT2D eigenvalue weighted by Gasteiger charge is 2.40. The molecule has 1 heterocycles. The molecule has 2 nitrogen and oxygen atoms in total. The van der Waals surface area contributed by atoms with E-state index in [1.54, 1.807) is 0 Å². The summed E-state index contributed by atoms with van der Waals surface area (Å²) in [5.74, 6) is 0. The zero-order valence-electron chi connectivity index (χ0n) is 13.1. The molecule has 0 aliphatic heterocycles. The van der Waals surface area contributed by atoms with E-state index in [0.29, 0.717) is 6.04 Å². The summed E-state index contributed by atoms with van der Waals surface area (Å²) in [6.45, 7) is 4.37. The van der Waals surface area contributed by atoms with Gasteiger partial charge in [0.25, 0.3) is 0 Å². The fraction of sp³-hybridized carbons (Fsp3) is 0.500. The van der Waals surface area contributed by atoms with Crippen LogP contribution in [0.3, 0.4) is 0 Å². The van der Waals surface area contributed by atoms with Crippen LogP contribution in [0.15, 0.2) is 30.3 Å². The topological polar surface area (TPSA) is 24.9 Å². The molecule has 1 unspecified atom stereocenters. The highest BCUT2D eigenvalue weighted by Crippen LogP contribution is 2.48. The van der Waals surface area contributed by atoms with Crippen LogP contribution in [0.2, 0.25) is 0 Å². The van der Waals surface area contributed by atoms with Gasteiger partial charge in [0.2, 0.25) is 0 Å². The first kappa shape index (κ1) is 14.7. The average molecular weight is 300 g/mol. The Kier molecular flexibility index (Phi) is 4.14. The van der Waals surface area contributed by atoms with Crippen molar-refractivity contribution < 1.29 is 0 Å². The number of rotatable bonds is 4. The van der Waals surface area contributed by atoms with Gasteiger partial charge in [0.1, 0.15) is 5.01 Å². The molecule has 1 saturated carbocycles. The fourth-order valence-corrected chi connectivity index (χ4v) is 4.90. The van der Waals surface area contributed by atoms with E-state index in [1.165, 1.54) is 46.8 Å². The minimum atomic E-state index is 0.155. The number of benzene rings is 1. The zero-order valence-corrected chi connectivity index (χ0v) is 14.0. The Labute approximate surface area is 131 Å². The number of aromatic nitrogens is 1. The molecule has 21 heavy (non-hydrogen) atoms. The van der Waals surface area contributed by atoms with E-state index in [0.717, 1.165) is 0 Å². The second-order valence-corrected chi connectivity index (χ2v) is 7.16. The minimum absolute atomic E-state index is 0.155. The Morgan fingerprint density at radius 1 is 1.19 bits per heavy atom. The van der Waals surface area contributed by atoms with Crippen LogP contribution < -0.4 is 5.32 Å². The Morgan fingerprint density at radius 3 is 2.48 bits per heavy atom. The molecule has 0 bridgehead atoms. The summed E-state index contributed by atoms with van der Waals surface area (Å²) in [5.41, 5.74) is 2.79. The van der Waals surface area contributed by atoms with Gasteiger partial charge in [-0.3, -0.25) is 0 Å². The van der Waals surface area contributed by atoms with Crippen molar-refractivity contribution in [2.24, 2.45) is 0 Å². The molecule has 1 aromatic heterocycles. The van der Waals surface area contributed by atoms with Crippen LogP contribution in [0.1, 0.15) is 59.8 Å². The van der Waals surface area contributed by atoms with Gasteiger partial charge in [-0.05, 0) is 39.3 Å². The molecule has 112 valence electrons. The predicted octanol–water partition coefficient (Wildman–Crippen LogP) is 4.59. The molecular formula is C18H24N2S. The lowest BCUT2D eigenvalue weighted by Crippen LogP contribution is -2.23. The largest absolute Gasteiger partial charge is 0.312 e. The molecule has 3 heteroatoms.